The molecule has 1 aliphatic rings. The van der Waals surface area contributed by atoms with E-state index in [-0.39, 0.29) is 5.91 Å². The summed E-state index contributed by atoms with van der Waals surface area (Å²) >= 11 is 0. The van der Waals surface area contributed by atoms with Gasteiger partial charge in [0.2, 0.25) is 5.91 Å². The highest BCUT2D eigenvalue weighted by atomic mass is 16.5. The lowest BCUT2D eigenvalue weighted by molar-refractivity contribution is -0.130. The lowest BCUT2D eigenvalue weighted by atomic mass is 10.1. The molecular formula is C21H27N3O2. The highest BCUT2D eigenvalue weighted by molar-refractivity contribution is 5.78. The predicted octanol–water partition coefficient (Wildman–Crippen LogP) is 2.18. The summed E-state index contributed by atoms with van der Waals surface area (Å²) in [6.45, 7) is 4.52. The van der Waals surface area contributed by atoms with Gasteiger partial charge < -0.3 is 19.9 Å². The number of piperazine rings is 1. The molecule has 1 N–H and O–H groups in total. The fraction of sp³-hybridized carbons (Fsp3) is 0.381. The molecule has 0 aromatic heterocycles. The number of carbonyl (C=O) groups excluding carboxylic acids is 1. The van der Waals surface area contributed by atoms with Crippen LogP contribution in [-0.4, -0.2) is 57.2 Å². The lowest BCUT2D eigenvalue weighted by Crippen LogP contribution is -2.51. The maximum absolute atomic E-state index is 12.4. The van der Waals surface area contributed by atoms with Gasteiger partial charge in [-0.25, -0.2) is 0 Å². The Morgan fingerprint density at radius 1 is 1.04 bits per heavy atom. The molecule has 1 aliphatic heterocycles. The average molecular weight is 353 g/mol. The van der Waals surface area contributed by atoms with Gasteiger partial charge in [0.15, 0.2) is 0 Å². The number of amides is 1. The summed E-state index contributed by atoms with van der Waals surface area (Å²) in [5.41, 5.74) is 2.44. The summed E-state index contributed by atoms with van der Waals surface area (Å²) in [7, 11) is 1.67. The number of nitrogens with one attached hydrogen (secondary N) is 1. The van der Waals surface area contributed by atoms with Crippen LogP contribution in [0.2, 0.25) is 0 Å². The third-order valence-corrected chi connectivity index (χ3v) is 4.75. The van der Waals surface area contributed by atoms with Crippen LogP contribution in [0.1, 0.15) is 5.56 Å². The van der Waals surface area contributed by atoms with Crippen LogP contribution < -0.4 is 15.0 Å². The molecule has 1 fully saturated rings. The Morgan fingerprint density at radius 3 is 2.54 bits per heavy atom. The Balaban J connectivity index is 1.36. The second kappa shape index (κ2) is 9.25. The minimum Gasteiger partial charge on any atom is -0.497 e. The first kappa shape index (κ1) is 18.3. The molecule has 1 saturated heterocycles. The third kappa shape index (κ3) is 4.99. The Hall–Kier alpha value is -2.53. The van der Waals surface area contributed by atoms with Crippen LogP contribution in [0.15, 0.2) is 54.6 Å². The summed E-state index contributed by atoms with van der Waals surface area (Å²) in [6, 6.07) is 18.4. The number of methoxy groups -OCH3 is 1. The Labute approximate surface area is 155 Å². The van der Waals surface area contributed by atoms with E-state index in [1.54, 1.807) is 7.11 Å². The van der Waals surface area contributed by atoms with Crippen molar-refractivity contribution in [2.75, 3.05) is 51.3 Å². The third-order valence-electron chi connectivity index (χ3n) is 4.75. The van der Waals surface area contributed by atoms with Gasteiger partial charge in [-0.05, 0) is 42.8 Å². The summed E-state index contributed by atoms with van der Waals surface area (Å²) < 4.78 is 5.23. The van der Waals surface area contributed by atoms with E-state index in [0.717, 1.165) is 44.9 Å². The molecule has 0 atom stereocenters. The second-order valence-electron chi connectivity index (χ2n) is 6.48. The number of ether oxygens (including phenoxy) is 1. The maximum Gasteiger partial charge on any atom is 0.236 e. The Bertz CT molecular complexity index is 697. The van der Waals surface area contributed by atoms with Crippen molar-refractivity contribution in [2.24, 2.45) is 0 Å². The number of rotatable bonds is 7. The molecule has 2 aromatic carbocycles. The molecule has 138 valence electrons. The standard InChI is InChI=1S/C21H27N3O2/c1-26-20-9-5-6-18(16-20)10-11-22-17-21(25)24-14-12-23(13-15-24)19-7-3-2-4-8-19/h2-9,16,22H,10-15,17H2,1H3. The molecule has 0 saturated carbocycles. The lowest BCUT2D eigenvalue weighted by Gasteiger charge is -2.36. The first-order valence-corrected chi connectivity index (χ1v) is 9.17. The second-order valence-corrected chi connectivity index (χ2v) is 6.48. The first-order valence-electron chi connectivity index (χ1n) is 9.17. The molecule has 0 spiro atoms. The number of para-hydroxylation sites is 1. The molecule has 2 aromatic rings. The fourth-order valence-electron chi connectivity index (χ4n) is 3.22. The highest BCUT2D eigenvalue weighted by Crippen LogP contribution is 2.15. The number of hydrogen-bond donors (Lipinski definition) is 1. The molecule has 1 amide bonds. The van der Waals surface area contributed by atoms with Crippen molar-refractivity contribution in [3.05, 3.63) is 60.2 Å². The van der Waals surface area contributed by atoms with Crippen molar-refractivity contribution in [3.8, 4) is 5.75 Å². The van der Waals surface area contributed by atoms with Gasteiger partial charge in [-0.3, -0.25) is 4.79 Å². The number of hydrogen-bond acceptors (Lipinski definition) is 4. The fourth-order valence-corrected chi connectivity index (χ4v) is 3.22. The number of anilines is 1. The van der Waals surface area contributed by atoms with Gasteiger partial charge >= 0.3 is 0 Å². The highest BCUT2D eigenvalue weighted by Gasteiger charge is 2.20. The predicted molar refractivity (Wildman–Crippen MR) is 105 cm³/mol. The quantitative estimate of drug-likeness (QED) is 0.775. The van der Waals surface area contributed by atoms with E-state index in [0.29, 0.717) is 6.54 Å². The topological polar surface area (TPSA) is 44.8 Å². The SMILES string of the molecule is COc1cccc(CCNCC(=O)N2CCN(c3ccccc3)CC2)c1. The smallest absolute Gasteiger partial charge is 0.236 e. The van der Waals surface area contributed by atoms with Crippen LogP contribution in [0, 0.1) is 0 Å². The molecule has 0 aliphatic carbocycles. The van der Waals surface area contributed by atoms with Crippen LogP contribution in [0.5, 0.6) is 5.75 Å². The normalized spacial score (nSPS) is 14.3. The molecule has 1 heterocycles. The Kier molecular flexibility index (Phi) is 6.50. The minimum atomic E-state index is 0.184. The molecule has 5 heteroatoms. The Morgan fingerprint density at radius 2 is 1.81 bits per heavy atom. The van der Waals surface area contributed by atoms with Crippen LogP contribution >= 0.6 is 0 Å². The van der Waals surface area contributed by atoms with Crippen molar-refractivity contribution in [3.63, 3.8) is 0 Å². The van der Waals surface area contributed by atoms with Crippen LogP contribution in [0.3, 0.4) is 0 Å². The van der Waals surface area contributed by atoms with Crippen molar-refractivity contribution in [1.29, 1.82) is 0 Å². The summed E-state index contributed by atoms with van der Waals surface area (Å²) in [5.74, 6) is 1.05. The molecule has 5 nitrogen and oxygen atoms in total. The molecule has 3 rings (SSSR count). The van der Waals surface area contributed by atoms with E-state index < -0.39 is 0 Å². The van der Waals surface area contributed by atoms with E-state index in [2.05, 4.69) is 40.5 Å². The largest absolute Gasteiger partial charge is 0.497 e. The van der Waals surface area contributed by atoms with Gasteiger partial charge in [-0.1, -0.05) is 30.3 Å². The van der Waals surface area contributed by atoms with E-state index >= 15 is 0 Å². The van der Waals surface area contributed by atoms with Gasteiger partial charge in [0.1, 0.15) is 5.75 Å². The molecule has 0 radical (unpaired) electrons. The van der Waals surface area contributed by atoms with E-state index in [4.69, 9.17) is 4.74 Å². The maximum atomic E-state index is 12.4. The van der Waals surface area contributed by atoms with Crippen LogP contribution in [0.25, 0.3) is 0 Å². The summed E-state index contributed by atoms with van der Waals surface area (Å²) in [4.78, 5) is 16.7. The molecule has 26 heavy (non-hydrogen) atoms. The zero-order chi connectivity index (χ0) is 18.2. The monoisotopic (exact) mass is 353 g/mol. The van der Waals surface area contributed by atoms with Gasteiger partial charge in [0, 0.05) is 31.9 Å². The van der Waals surface area contributed by atoms with E-state index in [1.165, 1.54) is 11.3 Å². The van der Waals surface area contributed by atoms with Crippen LogP contribution in [0.4, 0.5) is 5.69 Å². The number of benzene rings is 2. The van der Waals surface area contributed by atoms with Crippen molar-refractivity contribution < 1.29 is 9.53 Å². The summed E-state index contributed by atoms with van der Waals surface area (Å²) in [6.07, 6.45) is 0.881. The van der Waals surface area contributed by atoms with Crippen LogP contribution in [-0.2, 0) is 11.2 Å². The minimum absolute atomic E-state index is 0.184. The number of carbonyl (C=O) groups is 1. The zero-order valence-corrected chi connectivity index (χ0v) is 15.4. The average Bonchev–Trinajstić information content (AvgIpc) is 2.72. The summed E-state index contributed by atoms with van der Waals surface area (Å²) in [5, 5.41) is 3.27. The van der Waals surface area contributed by atoms with E-state index in [9.17, 15) is 4.79 Å². The zero-order valence-electron chi connectivity index (χ0n) is 15.4. The van der Waals surface area contributed by atoms with Crippen molar-refractivity contribution >= 4 is 11.6 Å². The van der Waals surface area contributed by atoms with Gasteiger partial charge in [-0.2, -0.15) is 0 Å². The van der Waals surface area contributed by atoms with Gasteiger partial charge in [0.25, 0.3) is 0 Å². The number of nitrogens with zero attached hydrogens (tertiary/aromatic N) is 2. The van der Waals surface area contributed by atoms with E-state index in [1.807, 2.05) is 29.2 Å². The van der Waals surface area contributed by atoms with Crippen molar-refractivity contribution in [2.45, 2.75) is 6.42 Å². The molecular weight excluding hydrogens is 326 g/mol. The van der Waals surface area contributed by atoms with Gasteiger partial charge in [0.05, 0.1) is 13.7 Å². The first-order chi connectivity index (χ1) is 12.8. The molecule has 0 unspecified atom stereocenters. The van der Waals surface area contributed by atoms with Crippen molar-refractivity contribution in [1.82, 2.24) is 10.2 Å². The molecule has 0 bridgehead atoms. The van der Waals surface area contributed by atoms with Gasteiger partial charge in [-0.15, -0.1) is 0 Å².